The molecule has 0 bridgehead atoms. The van der Waals surface area contributed by atoms with E-state index in [1.54, 1.807) is 37.4 Å². The van der Waals surface area contributed by atoms with E-state index in [4.69, 9.17) is 5.84 Å². The highest BCUT2D eigenvalue weighted by Crippen LogP contribution is 2.31. The van der Waals surface area contributed by atoms with Crippen molar-refractivity contribution in [2.75, 3.05) is 0 Å². The van der Waals surface area contributed by atoms with E-state index in [1.165, 1.54) is 4.57 Å². The Kier molecular flexibility index (Phi) is 4.11. The lowest BCUT2D eigenvalue weighted by atomic mass is 9.93. The van der Waals surface area contributed by atoms with Crippen molar-refractivity contribution in [2.45, 2.75) is 6.92 Å². The van der Waals surface area contributed by atoms with Gasteiger partial charge in [-0.25, -0.2) is 0 Å². The number of aromatic hydroxyl groups is 1. The summed E-state index contributed by atoms with van der Waals surface area (Å²) in [6, 6.07) is 12.5. The third-order valence-electron chi connectivity index (χ3n) is 4.74. The Hall–Kier alpha value is -4.01. The maximum atomic E-state index is 13.1. The first kappa shape index (κ1) is 17.4. The monoisotopic (exact) mass is 375 g/mol. The summed E-state index contributed by atoms with van der Waals surface area (Å²) in [6.07, 6.45) is 0. The highest BCUT2D eigenvalue weighted by Gasteiger charge is 2.24. The Bertz CT molecular complexity index is 1270. The third kappa shape index (κ3) is 2.52. The highest BCUT2D eigenvalue weighted by atomic mass is 16.3. The topological polar surface area (TPSA) is 135 Å². The molecular weight excluding hydrogens is 358 g/mol. The lowest BCUT2D eigenvalue weighted by molar-refractivity contribution is 0.478. The summed E-state index contributed by atoms with van der Waals surface area (Å²) >= 11 is 0. The minimum Gasteiger partial charge on any atom is -0.506 e. The Morgan fingerprint density at radius 1 is 1.21 bits per heavy atom. The second-order valence-corrected chi connectivity index (χ2v) is 6.32. The minimum absolute atomic E-state index is 0.0130. The fraction of sp³-hybridized carbons (Fsp3) is 0.105. The summed E-state index contributed by atoms with van der Waals surface area (Å²) in [5, 5.41) is 29.4. The number of aromatic amines is 1. The summed E-state index contributed by atoms with van der Waals surface area (Å²) in [6.45, 7) is 1.88. The molecule has 140 valence electrons. The molecule has 0 saturated heterocycles. The zero-order valence-corrected chi connectivity index (χ0v) is 15.2. The number of aromatic nitrogens is 5. The maximum absolute atomic E-state index is 13.1. The molecule has 4 rings (SSSR count). The van der Waals surface area contributed by atoms with Crippen LogP contribution in [0.5, 0.6) is 5.75 Å². The molecular formula is C19H17N7O2. The van der Waals surface area contributed by atoms with Crippen LogP contribution in [-0.4, -0.2) is 36.0 Å². The first-order valence-electron chi connectivity index (χ1n) is 8.47. The van der Waals surface area contributed by atoms with E-state index in [2.05, 4.69) is 25.7 Å². The van der Waals surface area contributed by atoms with Gasteiger partial charge in [0.05, 0.1) is 5.52 Å². The molecule has 0 aliphatic carbocycles. The van der Waals surface area contributed by atoms with Crippen LogP contribution in [0.1, 0.15) is 16.7 Å². The van der Waals surface area contributed by atoms with E-state index in [1.807, 2.05) is 19.1 Å². The smallest absolute Gasteiger partial charge is 0.264 e. The number of para-hydroxylation sites is 1. The van der Waals surface area contributed by atoms with Gasteiger partial charge in [-0.2, -0.15) is 10.3 Å². The fourth-order valence-corrected chi connectivity index (χ4v) is 3.39. The normalized spacial score (nSPS) is 11.9. The van der Waals surface area contributed by atoms with Crippen LogP contribution >= 0.6 is 0 Å². The van der Waals surface area contributed by atoms with Crippen molar-refractivity contribution >= 4 is 16.6 Å². The number of nitrogens with one attached hydrogen (secondary N) is 1. The summed E-state index contributed by atoms with van der Waals surface area (Å²) in [5.41, 5.74) is 2.33. The molecule has 2 aromatic heterocycles. The molecule has 0 fully saturated rings. The molecule has 0 radical (unpaired) electrons. The molecule has 0 atom stereocenters. The van der Waals surface area contributed by atoms with Crippen LogP contribution in [0.4, 0.5) is 0 Å². The number of aryl methyl sites for hydroxylation is 2. The Morgan fingerprint density at radius 2 is 2.00 bits per heavy atom. The summed E-state index contributed by atoms with van der Waals surface area (Å²) in [4.78, 5) is 13.1. The molecule has 9 nitrogen and oxygen atoms in total. The average molecular weight is 375 g/mol. The van der Waals surface area contributed by atoms with Crippen LogP contribution in [0.2, 0.25) is 0 Å². The molecule has 0 spiro atoms. The van der Waals surface area contributed by atoms with Gasteiger partial charge in [0, 0.05) is 23.6 Å². The number of pyridine rings is 1. The number of tetrazole rings is 1. The number of hydrazone groups is 1. The largest absolute Gasteiger partial charge is 0.506 e. The quantitative estimate of drug-likeness (QED) is 0.282. The standard InChI is InChI=1S/C19H17N7O2/c1-10-6-5-8-12(14(10)18-22-24-25-23-18)16(21-20)15-17(27)11-7-3-4-9-13(11)26(2)19(15)28/h3-9,27H,20H2,1-2H3,(H,22,23,24,25). The van der Waals surface area contributed by atoms with Gasteiger partial charge < -0.3 is 15.5 Å². The lowest BCUT2D eigenvalue weighted by Crippen LogP contribution is -2.27. The molecule has 0 unspecified atom stereocenters. The first-order valence-corrected chi connectivity index (χ1v) is 8.47. The second kappa shape index (κ2) is 6.62. The first-order chi connectivity index (χ1) is 13.5. The SMILES string of the molecule is Cc1cccc(C(=NN)c2c(O)c3ccccc3n(C)c2=O)c1-c1nn[nH]n1. The van der Waals surface area contributed by atoms with Gasteiger partial charge in [0.25, 0.3) is 5.56 Å². The Labute approximate surface area is 159 Å². The van der Waals surface area contributed by atoms with Gasteiger partial charge in [-0.1, -0.05) is 30.3 Å². The Balaban J connectivity index is 2.07. The number of rotatable bonds is 3. The van der Waals surface area contributed by atoms with Crippen molar-refractivity contribution in [3.8, 4) is 17.1 Å². The van der Waals surface area contributed by atoms with E-state index in [0.29, 0.717) is 27.9 Å². The number of H-pyrrole nitrogens is 1. The number of hydrogen-bond donors (Lipinski definition) is 3. The molecule has 2 aromatic carbocycles. The van der Waals surface area contributed by atoms with Crippen LogP contribution in [0.15, 0.2) is 52.4 Å². The predicted octanol–water partition coefficient (Wildman–Crippen LogP) is 1.44. The van der Waals surface area contributed by atoms with Crippen LogP contribution < -0.4 is 11.4 Å². The number of hydrogen-bond acceptors (Lipinski definition) is 7. The molecule has 0 amide bonds. The van der Waals surface area contributed by atoms with Gasteiger partial charge >= 0.3 is 0 Å². The minimum atomic E-state index is -0.416. The zero-order chi connectivity index (χ0) is 19.8. The van der Waals surface area contributed by atoms with E-state index in [9.17, 15) is 9.90 Å². The van der Waals surface area contributed by atoms with E-state index in [-0.39, 0.29) is 17.0 Å². The maximum Gasteiger partial charge on any atom is 0.264 e. The van der Waals surface area contributed by atoms with Gasteiger partial charge in [0.15, 0.2) is 0 Å². The predicted molar refractivity (Wildman–Crippen MR) is 105 cm³/mol. The highest BCUT2D eigenvalue weighted by molar-refractivity contribution is 6.19. The van der Waals surface area contributed by atoms with Crippen molar-refractivity contribution in [3.63, 3.8) is 0 Å². The van der Waals surface area contributed by atoms with Gasteiger partial charge in [-0.3, -0.25) is 4.79 Å². The van der Waals surface area contributed by atoms with Crippen molar-refractivity contribution in [3.05, 3.63) is 69.5 Å². The van der Waals surface area contributed by atoms with Crippen molar-refractivity contribution < 1.29 is 5.11 Å². The number of nitrogens with two attached hydrogens (primary N) is 1. The zero-order valence-electron chi connectivity index (χ0n) is 15.2. The summed E-state index contributed by atoms with van der Waals surface area (Å²) in [5.74, 6) is 5.87. The number of fused-ring (bicyclic) bond motifs is 1. The summed E-state index contributed by atoms with van der Waals surface area (Å²) < 4.78 is 1.46. The summed E-state index contributed by atoms with van der Waals surface area (Å²) in [7, 11) is 1.64. The molecule has 2 heterocycles. The Morgan fingerprint density at radius 3 is 2.71 bits per heavy atom. The van der Waals surface area contributed by atoms with E-state index >= 15 is 0 Å². The molecule has 0 aliphatic heterocycles. The molecule has 9 heteroatoms. The van der Waals surface area contributed by atoms with Gasteiger partial charge in [-0.15, -0.1) is 10.2 Å². The average Bonchev–Trinajstić information content (AvgIpc) is 3.23. The van der Waals surface area contributed by atoms with Gasteiger partial charge in [0.2, 0.25) is 5.82 Å². The van der Waals surface area contributed by atoms with E-state index in [0.717, 1.165) is 5.56 Å². The van der Waals surface area contributed by atoms with Crippen LogP contribution in [0.3, 0.4) is 0 Å². The van der Waals surface area contributed by atoms with Crippen LogP contribution in [0, 0.1) is 6.92 Å². The number of benzene rings is 2. The fourth-order valence-electron chi connectivity index (χ4n) is 3.39. The number of nitrogens with zero attached hydrogens (tertiary/aromatic N) is 5. The van der Waals surface area contributed by atoms with Gasteiger partial charge in [-0.05, 0) is 29.8 Å². The third-order valence-corrected chi connectivity index (χ3v) is 4.74. The molecule has 28 heavy (non-hydrogen) atoms. The van der Waals surface area contributed by atoms with Crippen molar-refractivity contribution in [1.82, 2.24) is 25.2 Å². The van der Waals surface area contributed by atoms with Crippen molar-refractivity contribution in [1.29, 1.82) is 0 Å². The van der Waals surface area contributed by atoms with E-state index < -0.39 is 5.56 Å². The van der Waals surface area contributed by atoms with Gasteiger partial charge in [0.1, 0.15) is 17.0 Å². The lowest BCUT2D eigenvalue weighted by Gasteiger charge is -2.15. The molecule has 0 aliphatic rings. The second-order valence-electron chi connectivity index (χ2n) is 6.32. The van der Waals surface area contributed by atoms with Crippen LogP contribution in [0.25, 0.3) is 22.3 Å². The van der Waals surface area contributed by atoms with Crippen molar-refractivity contribution in [2.24, 2.45) is 18.0 Å². The molecule has 4 aromatic rings. The molecule has 0 saturated carbocycles. The van der Waals surface area contributed by atoms with Crippen LogP contribution in [-0.2, 0) is 7.05 Å². The molecule has 4 N–H and O–H groups in total.